The molecular formula is C17H24N2O3. The maximum absolute atomic E-state index is 9.14. The standard InChI is InChI=1S/C17H24N2O3/c1-21-17-4-3-14(11-15(17)12-18)13-19-7-5-16(6-8-19)22-10-2-9-20/h3-4,11,16,20H,2,5-10,13H2,1H3. The Morgan fingerprint density at radius 1 is 1.36 bits per heavy atom. The van der Waals surface area contributed by atoms with E-state index < -0.39 is 0 Å². The Morgan fingerprint density at radius 2 is 2.14 bits per heavy atom. The average Bonchev–Trinajstić information content (AvgIpc) is 2.56. The fraction of sp³-hybridized carbons (Fsp3) is 0.588. The van der Waals surface area contributed by atoms with Gasteiger partial charge in [0.05, 0.1) is 18.8 Å². The molecule has 0 saturated carbocycles. The van der Waals surface area contributed by atoms with Crippen LogP contribution >= 0.6 is 0 Å². The van der Waals surface area contributed by atoms with Gasteiger partial charge in [-0.15, -0.1) is 0 Å². The van der Waals surface area contributed by atoms with E-state index in [1.54, 1.807) is 7.11 Å². The summed E-state index contributed by atoms with van der Waals surface area (Å²) >= 11 is 0. The number of hydrogen-bond acceptors (Lipinski definition) is 5. The third-order valence-corrected chi connectivity index (χ3v) is 3.98. The summed E-state index contributed by atoms with van der Waals surface area (Å²) in [6.45, 7) is 3.68. The second-order valence-electron chi connectivity index (χ2n) is 5.57. The fourth-order valence-corrected chi connectivity index (χ4v) is 2.75. The van der Waals surface area contributed by atoms with E-state index in [1.807, 2.05) is 18.2 Å². The summed E-state index contributed by atoms with van der Waals surface area (Å²) in [7, 11) is 1.58. The van der Waals surface area contributed by atoms with Crippen LogP contribution in [0.15, 0.2) is 18.2 Å². The van der Waals surface area contributed by atoms with Gasteiger partial charge in [-0.05, 0) is 37.0 Å². The number of hydrogen-bond donors (Lipinski definition) is 1. The number of benzene rings is 1. The molecule has 1 heterocycles. The maximum Gasteiger partial charge on any atom is 0.136 e. The molecule has 0 aliphatic carbocycles. The molecule has 0 atom stereocenters. The number of methoxy groups -OCH3 is 1. The Morgan fingerprint density at radius 3 is 2.77 bits per heavy atom. The van der Waals surface area contributed by atoms with Gasteiger partial charge in [-0.1, -0.05) is 6.07 Å². The summed E-state index contributed by atoms with van der Waals surface area (Å²) in [5.41, 5.74) is 1.72. The van der Waals surface area contributed by atoms with Crippen LogP contribution in [0.4, 0.5) is 0 Å². The van der Waals surface area contributed by atoms with Crippen molar-refractivity contribution in [2.24, 2.45) is 0 Å². The monoisotopic (exact) mass is 304 g/mol. The molecule has 1 aromatic rings. The highest BCUT2D eigenvalue weighted by Crippen LogP contribution is 2.21. The van der Waals surface area contributed by atoms with Crippen molar-refractivity contribution in [2.75, 3.05) is 33.4 Å². The van der Waals surface area contributed by atoms with Gasteiger partial charge in [0.25, 0.3) is 0 Å². The zero-order chi connectivity index (χ0) is 15.8. The zero-order valence-corrected chi connectivity index (χ0v) is 13.1. The van der Waals surface area contributed by atoms with Crippen LogP contribution in [-0.4, -0.2) is 49.5 Å². The van der Waals surface area contributed by atoms with Crippen LogP contribution in [0, 0.1) is 11.3 Å². The van der Waals surface area contributed by atoms with Crippen molar-refractivity contribution in [2.45, 2.75) is 31.9 Å². The van der Waals surface area contributed by atoms with Crippen LogP contribution in [0.25, 0.3) is 0 Å². The molecule has 1 aliphatic heterocycles. The number of nitriles is 1. The highest BCUT2D eigenvalue weighted by atomic mass is 16.5. The lowest BCUT2D eigenvalue weighted by molar-refractivity contribution is 0.000783. The number of ether oxygens (including phenoxy) is 2. The summed E-state index contributed by atoms with van der Waals surface area (Å²) in [4.78, 5) is 2.38. The van der Waals surface area contributed by atoms with E-state index in [0.717, 1.165) is 38.0 Å². The smallest absolute Gasteiger partial charge is 0.136 e. The van der Waals surface area contributed by atoms with Gasteiger partial charge < -0.3 is 14.6 Å². The normalized spacial score (nSPS) is 16.4. The Bertz CT molecular complexity index is 505. The molecule has 2 rings (SSSR count). The molecule has 0 bridgehead atoms. The highest BCUT2D eigenvalue weighted by molar-refractivity contribution is 5.45. The van der Waals surface area contributed by atoms with E-state index in [-0.39, 0.29) is 6.61 Å². The molecule has 120 valence electrons. The van der Waals surface area contributed by atoms with Crippen molar-refractivity contribution in [3.05, 3.63) is 29.3 Å². The van der Waals surface area contributed by atoms with Crippen LogP contribution in [0.1, 0.15) is 30.4 Å². The molecule has 1 N–H and O–H groups in total. The van der Waals surface area contributed by atoms with Gasteiger partial charge in [-0.3, -0.25) is 4.90 Å². The van der Waals surface area contributed by atoms with E-state index in [9.17, 15) is 0 Å². The molecule has 1 saturated heterocycles. The molecule has 1 fully saturated rings. The molecule has 22 heavy (non-hydrogen) atoms. The summed E-state index contributed by atoms with van der Waals surface area (Å²) in [6, 6.07) is 7.96. The predicted molar refractivity (Wildman–Crippen MR) is 83.7 cm³/mol. The first-order valence-corrected chi connectivity index (χ1v) is 7.78. The number of likely N-dealkylation sites (tertiary alicyclic amines) is 1. The molecule has 5 heteroatoms. The zero-order valence-electron chi connectivity index (χ0n) is 13.1. The van der Waals surface area contributed by atoms with Crippen molar-refractivity contribution in [3.8, 4) is 11.8 Å². The number of aliphatic hydroxyl groups is 1. The SMILES string of the molecule is COc1ccc(CN2CCC(OCCCO)CC2)cc1C#N. The molecule has 5 nitrogen and oxygen atoms in total. The number of nitrogens with zero attached hydrogens (tertiary/aromatic N) is 2. The first kappa shape index (κ1) is 16.8. The number of piperidine rings is 1. The van der Waals surface area contributed by atoms with E-state index in [2.05, 4.69) is 11.0 Å². The second-order valence-corrected chi connectivity index (χ2v) is 5.57. The Balaban J connectivity index is 1.82. The second kappa shape index (κ2) is 8.74. The van der Waals surface area contributed by atoms with Gasteiger partial charge in [0.2, 0.25) is 0 Å². The van der Waals surface area contributed by atoms with Crippen LogP contribution in [0.3, 0.4) is 0 Å². The molecule has 0 unspecified atom stereocenters. The van der Waals surface area contributed by atoms with Crippen LogP contribution in [0.2, 0.25) is 0 Å². The molecule has 1 aliphatic rings. The van der Waals surface area contributed by atoms with Crippen LogP contribution in [0.5, 0.6) is 5.75 Å². The van der Waals surface area contributed by atoms with Gasteiger partial charge >= 0.3 is 0 Å². The van der Waals surface area contributed by atoms with E-state index in [0.29, 0.717) is 30.4 Å². The van der Waals surface area contributed by atoms with Gasteiger partial charge in [-0.2, -0.15) is 5.26 Å². The van der Waals surface area contributed by atoms with Crippen molar-refractivity contribution in [1.29, 1.82) is 5.26 Å². The Kier molecular flexibility index (Phi) is 6.66. The van der Waals surface area contributed by atoms with Gasteiger partial charge in [0, 0.05) is 32.8 Å². The minimum atomic E-state index is 0.192. The Hall–Kier alpha value is -1.61. The van der Waals surface area contributed by atoms with E-state index >= 15 is 0 Å². The topological polar surface area (TPSA) is 65.7 Å². The van der Waals surface area contributed by atoms with Gasteiger partial charge in [0.15, 0.2) is 0 Å². The number of aliphatic hydroxyl groups excluding tert-OH is 1. The van der Waals surface area contributed by atoms with Crippen LogP contribution in [-0.2, 0) is 11.3 Å². The summed E-state index contributed by atoms with van der Waals surface area (Å²) in [6.07, 6.45) is 3.07. The minimum Gasteiger partial charge on any atom is -0.495 e. The molecule has 0 radical (unpaired) electrons. The van der Waals surface area contributed by atoms with Gasteiger partial charge in [-0.25, -0.2) is 0 Å². The first-order valence-electron chi connectivity index (χ1n) is 7.78. The third kappa shape index (κ3) is 4.70. The van der Waals surface area contributed by atoms with Crippen LogP contribution < -0.4 is 4.74 Å². The minimum absolute atomic E-state index is 0.192. The van der Waals surface area contributed by atoms with Crippen molar-refractivity contribution in [1.82, 2.24) is 4.90 Å². The van der Waals surface area contributed by atoms with Crippen molar-refractivity contribution >= 4 is 0 Å². The first-order chi connectivity index (χ1) is 10.8. The summed E-state index contributed by atoms with van der Waals surface area (Å²) < 4.78 is 10.9. The molecule has 0 spiro atoms. The lowest BCUT2D eigenvalue weighted by atomic mass is 10.1. The maximum atomic E-state index is 9.14. The Labute approximate surface area is 132 Å². The fourth-order valence-electron chi connectivity index (χ4n) is 2.75. The van der Waals surface area contributed by atoms with Crippen molar-refractivity contribution in [3.63, 3.8) is 0 Å². The quantitative estimate of drug-likeness (QED) is 0.780. The van der Waals surface area contributed by atoms with E-state index in [1.165, 1.54) is 0 Å². The molecule has 0 aromatic heterocycles. The average molecular weight is 304 g/mol. The summed E-state index contributed by atoms with van der Waals surface area (Å²) in [5, 5.41) is 17.9. The highest BCUT2D eigenvalue weighted by Gasteiger charge is 2.19. The molecular weight excluding hydrogens is 280 g/mol. The largest absolute Gasteiger partial charge is 0.495 e. The third-order valence-electron chi connectivity index (χ3n) is 3.98. The lowest BCUT2D eigenvalue weighted by Crippen LogP contribution is -2.36. The molecule has 0 amide bonds. The summed E-state index contributed by atoms with van der Waals surface area (Å²) in [5.74, 6) is 0.627. The van der Waals surface area contributed by atoms with E-state index in [4.69, 9.17) is 19.8 Å². The number of rotatable bonds is 7. The van der Waals surface area contributed by atoms with Gasteiger partial charge in [0.1, 0.15) is 11.8 Å². The lowest BCUT2D eigenvalue weighted by Gasteiger charge is -2.32. The predicted octanol–water partition coefficient (Wildman–Crippen LogP) is 1.93. The van der Waals surface area contributed by atoms with Crippen molar-refractivity contribution < 1.29 is 14.6 Å². The molecule has 1 aromatic carbocycles.